The van der Waals surface area contributed by atoms with Crippen LogP contribution in [0.3, 0.4) is 0 Å². The predicted octanol–water partition coefficient (Wildman–Crippen LogP) is 4.89. The van der Waals surface area contributed by atoms with Crippen LogP contribution < -0.4 is 14.2 Å². The molecule has 0 atom stereocenters. The van der Waals surface area contributed by atoms with E-state index in [2.05, 4.69) is 6.92 Å². The second-order valence-electron chi connectivity index (χ2n) is 7.29. The lowest BCUT2D eigenvalue weighted by molar-refractivity contribution is -0.131. The Balaban J connectivity index is 2.02. The molecule has 6 nitrogen and oxygen atoms in total. The molecule has 168 valence electrons. The van der Waals surface area contributed by atoms with Crippen LogP contribution in [0.25, 0.3) is 0 Å². The Labute approximate surface area is 185 Å². The summed E-state index contributed by atoms with van der Waals surface area (Å²) >= 11 is 0. The average Bonchev–Trinajstić information content (AvgIpc) is 2.77. The Kier molecular flexibility index (Phi) is 9.88. The third-order valence-electron chi connectivity index (χ3n) is 4.94. The molecule has 6 heteroatoms. The maximum atomic E-state index is 13.1. The number of likely N-dealkylation sites (N-methyl/N-ethyl adjacent to an activating group) is 1. The van der Waals surface area contributed by atoms with Crippen LogP contribution in [0.4, 0.5) is 0 Å². The summed E-state index contributed by atoms with van der Waals surface area (Å²) < 4.78 is 16.3. The molecule has 31 heavy (non-hydrogen) atoms. The van der Waals surface area contributed by atoms with Gasteiger partial charge in [0.15, 0.2) is 11.5 Å². The summed E-state index contributed by atoms with van der Waals surface area (Å²) in [5.41, 5.74) is 1.65. The number of rotatable bonds is 12. The highest BCUT2D eigenvalue weighted by Gasteiger charge is 2.17. The van der Waals surface area contributed by atoms with E-state index in [0.717, 1.165) is 24.8 Å². The van der Waals surface area contributed by atoms with Crippen molar-refractivity contribution in [1.29, 1.82) is 0 Å². The van der Waals surface area contributed by atoms with Crippen molar-refractivity contribution in [2.45, 2.75) is 46.5 Å². The van der Waals surface area contributed by atoms with Crippen LogP contribution in [-0.2, 0) is 11.2 Å². The van der Waals surface area contributed by atoms with Crippen molar-refractivity contribution in [3.05, 3.63) is 53.6 Å². The van der Waals surface area contributed by atoms with Gasteiger partial charge in [0.05, 0.1) is 13.7 Å². The van der Waals surface area contributed by atoms with Crippen LogP contribution in [0.15, 0.2) is 42.5 Å². The van der Waals surface area contributed by atoms with Gasteiger partial charge in [0, 0.05) is 25.6 Å². The highest BCUT2D eigenvalue weighted by molar-refractivity contribution is 5.95. The molecule has 0 N–H and O–H groups in total. The zero-order chi connectivity index (χ0) is 22.6. The monoisotopic (exact) mass is 427 g/mol. The first-order valence-corrected chi connectivity index (χ1v) is 10.9. The number of ether oxygens (including phenoxy) is 3. The second-order valence-corrected chi connectivity index (χ2v) is 7.29. The molecule has 0 aromatic heterocycles. The molecule has 0 aliphatic carbocycles. The lowest BCUT2D eigenvalue weighted by Gasteiger charge is -2.22. The Bertz CT molecular complexity index is 847. The minimum Gasteiger partial charge on any atom is -0.493 e. The van der Waals surface area contributed by atoms with Crippen LogP contribution in [0.1, 0.15) is 56.0 Å². The molecule has 0 heterocycles. The number of benzene rings is 2. The van der Waals surface area contributed by atoms with Gasteiger partial charge in [0.1, 0.15) is 5.75 Å². The van der Waals surface area contributed by atoms with E-state index in [1.54, 1.807) is 37.4 Å². The molecule has 0 spiro atoms. The molecule has 2 aromatic rings. The van der Waals surface area contributed by atoms with Crippen molar-refractivity contribution in [3.63, 3.8) is 0 Å². The van der Waals surface area contributed by atoms with E-state index in [1.807, 2.05) is 24.0 Å². The Morgan fingerprint density at radius 2 is 1.71 bits per heavy atom. The number of hydrogen-bond acceptors (Lipinski definition) is 5. The molecular weight excluding hydrogens is 394 g/mol. The Morgan fingerprint density at radius 3 is 2.32 bits per heavy atom. The Morgan fingerprint density at radius 1 is 0.968 bits per heavy atom. The van der Waals surface area contributed by atoms with Crippen molar-refractivity contribution >= 4 is 11.9 Å². The highest BCUT2D eigenvalue weighted by atomic mass is 16.5. The van der Waals surface area contributed by atoms with Gasteiger partial charge in [-0.15, -0.1) is 0 Å². The molecule has 0 unspecified atom stereocenters. The van der Waals surface area contributed by atoms with Gasteiger partial charge in [-0.25, -0.2) is 0 Å². The normalized spacial score (nSPS) is 10.5. The van der Waals surface area contributed by atoms with Gasteiger partial charge in [-0.3, -0.25) is 9.59 Å². The quantitative estimate of drug-likeness (QED) is 0.274. The summed E-state index contributed by atoms with van der Waals surface area (Å²) in [6.07, 6.45) is 3.90. The Hall–Kier alpha value is -3.02. The zero-order valence-electron chi connectivity index (χ0n) is 19.0. The first kappa shape index (κ1) is 24.3. The maximum Gasteiger partial charge on any atom is 0.308 e. The fraction of sp³-hybridized carbons (Fsp3) is 0.440. The van der Waals surface area contributed by atoms with E-state index >= 15 is 0 Å². The number of amides is 1. The molecule has 2 aromatic carbocycles. The molecule has 0 saturated carbocycles. The van der Waals surface area contributed by atoms with Crippen molar-refractivity contribution in [1.82, 2.24) is 4.90 Å². The van der Waals surface area contributed by atoms with Gasteiger partial charge in [-0.05, 0) is 55.7 Å². The number of carbonyl (C=O) groups excluding carboxylic acids is 2. The zero-order valence-corrected chi connectivity index (χ0v) is 19.0. The van der Waals surface area contributed by atoms with Crippen molar-refractivity contribution < 1.29 is 23.8 Å². The number of hydrogen-bond donors (Lipinski definition) is 0. The lowest BCUT2D eigenvalue weighted by Crippen LogP contribution is -2.32. The molecule has 2 rings (SSSR count). The van der Waals surface area contributed by atoms with Gasteiger partial charge in [0.2, 0.25) is 0 Å². The summed E-state index contributed by atoms with van der Waals surface area (Å²) in [6.45, 7) is 7.27. The minimum absolute atomic E-state index is 0.0416. The van der Waals surface area contributed by atoms with Gasteiger partial charge >= 0.3 is 5.97 Å². The van der Waals surface area contributed by atoms with Crippen LogP contribution in [0.2, 0.25) is 0 Å². The highest BCUT2D eigenvalue weighted by Crippen LogP contribution is 2.29. The van der Waals surface area contributed by atoms with Crippen LogP contribution in [0, 0.1) is 0 Å². The third kappa shape index (κ3) is 7.63. The molecule has 0 radical (unpaired) electrons. The van der Waals surface area contributed by atoms with Crippen LogP contribution in [-0.4, -0.2) is 43.6 Å². The largest absolute Gasteiger partial charge is 0.493 e. The molecular formula is C25H33NO5. The van der Waals surface area contributed by atoms with E-state index in [-0.39, 0.29) is 11.9 Å². The number of carbonyl (C=O) groups is 2. The summed E-state index contributed by atoms with van der Waals surface area (Å²) in [7, 11) is 1.60. The van der Waals surface area contributed by atoms with Crippen molar-refractivity contribution in [2.75, 3.05) is 26.8 Å². The van der Waals surface area contributed by atoms with E-state index in [0.29, 0.717) is 48.9 Å². The van der Waals surface area contributed by atoms with E-state index in [1.165, 1.54) is 6.92 Å². The van der Waals surface area contributed by atoms with Gasteiger partial charge < -0.3 is 19.1 Å². The van der Waals surface area contributed by atoms with Gasteiger partial charge in [-0.1, -0.05) is 31.9 Å². The number of methoxy groups -OCH3 is 1. The average molecular weight is 428 g/mol. The number of esters is 1. The SMILES string of the molecule is CCCCCOc1cc(C(=O)N(CC)CCc2ccc(OC(C)=O)cc2)ccc1OC. The minimum atomic E-state index is -0.344. The molecule has 0 saturated heterocycles. The van der Waals surface area contributed by atoms with E-state index in [4.69, 9.17) is 14.2 Å². The smallest absolute Gasteiger partial charge is 0.308 e. The van der Waals surface area contributed by atoms with Crippen molar-refractivity contribution in [2.24, 2.45) is 0 Å². The number of unbranched alkanes of at least 4 members (excludes halogenated alkanes) is 2. The molecule has 0 aliphatic heterocycles. The standard InChI is InChI=1S/C25H33NO5/c1-5-7-8-17-30-24-18-21(11-14-23(24)29-4)25(28)26(6-2)16-15-20-9-12-22(13-10-20)31-19(3)27/h9-14,18H,5-8,15-17H2,1-4H3. The lowest BCUT2D eigenvalue weighted by atomic mass is 10.1. The molecule has 1 amide bonds. The van der Waals surface area contributed by atoms with Gasteiger partial charge in [-0.2, -0.15) is 0 Å². The van der Waals surface area contributed by atoms with Crippen LogP contribution in [0.5, 0.6) is 17.2 Å². The third-order valence-corrected chi connectivity index (χ3v) is 4.94. The first-order chi connectivity index (χ1) is 15.0. The fourth-order valence-electron chi connectivity index (χ4n) is 3.20. The summed E-state index contributed by atoms with van der Waals surface area (Å²) in [5.74, 6) is 1.36. The van der Waals surface area contributed by atoms with E-state index in [9.17, 15) is 9.59 Å². The van der Waals surface area contributed by atoms with Crippen molar-refractivity contribution in [3.8, 4) is 17.2 Å². The van der Waals surface area contributed by atoms with E-state index < -0.39 is 0 Å². The second kappa shape index (κ2) is 12.6. The summed E-state index contributed by atoms with van der Waals surface area (Å²) in [5, 5.41) is 0. The number of nitrogens with zero attached hydrogens (tertiary/aromatic N) is 1. The van der Waals surface area contributed by atoms with Crippen LogP contribution >= 0.6 is 0 Å². The topological polar surface area (TPSA) is 65.1 Å². The van der Waals surface area contributed by atoms with Gasteiger partial charge in [0.25, 0.3) is 5.91 Å². The summed E-state index contributed by atoms with van der Waals surface area (Å²) in [4.78, 5) is 25.9. The summed E-state index contributed by atoms with van der Waals surface area (Å²) in [6, 6.07) is 12.7. The first-order valence-electron chi connectivity index (χ1n) is 10.9. The maximum absolute atomic E-state index is 13.1. The fourth-order valence-corrected chi connectivity index (χ4v) is 3.20. The molecule has 0 aliphatic rings. The predicted molar refractivity (Wildman–Crippen MR) is 121 cm³/mol. The molecule has 0 bridgehead atoms. The molecule has 0 fully saturated rings.